The first-order valence-electron chi connectivity index (χ1n) is 5.11. The van der Waals surface area contributed by atoms with Crippen LogP contribution in [-0.4, -0.2) is 11.5 Å². The third-order valence-corrected chi connectivity index (χ3v) is 3.24. The van der Waals surface area contributed by atoms with Crippen molar-refractivity contribution in [1.29, 1.82) is 0 Å². The SMILES string of the molecule is Cc1[nH]c2c(C)cc(Br)cc2c1CCN. The number of H-pyrrole nitrogens is 1. The van der Waals surface area contributed by atoms with Crippen LogP contribution in [0.1, 0.15) is 16.8 Å². The minimum atomic E-state index is 0.694. The highest BCUT2D eigenvalue weighted by Crippen LogP contribution is 2.28. The quantitative estimate of drug-likeness (QED) is 0.862. The lowest BCUT2D eigenvalue weighted by atomic mass is 10.1. The standard InChI is InChI=1S/C12H15BrN2/c1-7-5-9(13)6-11-10(3-4-14)8(2)15-12(7)11/h5-6,15H,3-4,14H2,1-2H3. The van der Waals surface area contributed by atoms with Gasteiger partial charge in [-0.05, 0) is 50.1 Å². The summed E-state index contributed by atoms with van der Waals surface area (Å²) in [5, 5.41) is 1.30. The maximum Gasteiger partial charge on any atom is 0.0489 e. The molecule has 3 heteroatoms. The molecule has 0 bridgehead atoms. The fourth-order valence-electron chi connectivity index (χ4n) is 2.08. The number of rotatable bonds is 2. The van der Waals surface area contributed by atoms with Gasteiger partial charge in [0.25, 0.3) is 0 Å². The van der Waals surface area contributed by atoms with Crippen LogP contribution in [0, 0.1) is 13.8 Å². The lowest BCUT2D eigenvalue weighted by molar-refractivity contribution is 0.963. The molecule has 2 rings (SSSR count). The Hall–Kier alpha value is -0.800. The van der Waals surface area contributed by atoms with Gasteiger partial charge in [0.1, 0.15) is 0 Å². The number of fused-ring (bicyclic) bond motifs is 1. The molecule has 80 valence electrons. The van der Waals surface area contributed by atoms with E-state index in [2.05, 4.69) is 46.9 Å². The summed E-state index contributed by atoms with van der Waals surface area (Å²) in [6, 6.07) is 4.29. The van der Waals surface area contributed by atoms with Crippen LogP contribution in [0.25, 0.3) is 10.9 Å². The summed E-state index contributed by atoms with van der Waals surface area (Å²) in [7, 11) is 0. The Morgan fingerprint density at radius 2 is 2.07 bits per heavy atom. The van der Waals surface area contributed by atoms with E-state index in [0.717, 1.165) is 10.9 Å². The van der Waals surface area contributed by atoms with Gasteiger partial charge < -0.3 is 10.7 Å². The number of hydrogen-bond acceptors (Lipinski definition) is 1. The first-order valence-corrected chi connectivity index (χ1v) is 5.90. The first kappa shape index (κ1) is 10.7. The van der Waals surface area contributed by atoms with Crippen molar-refractivity contribution in [3.05, 3.63) is 33.4 Å². The second-order valence-electron chi connectivity index (χ2n) is 3.91. The van der Waals surface area contributed by atoms with Crippen LogP contribution in [0.2, 0.25) is 0 Å². The van der Waals surface area contributed by atoms with Gasteiger partial charge in [0, 0.05) is 21.1 Å². The Bertz CT molecular complexity index is 500. The van der Waals surface area contributed by atoms with E-state index in [9.17, 15) is 0 Å². The number of aryl methyl sites for hydroxylation is 2. The summed E-state index contributed by atoms with van der Waals surface area (Å²) in [6.07, 6.45) is 0.932. The Morgan fingerprint density at radius 1 is 1.33 bits per heavy atom. The van der Waals surface area contributed by atoms with Gasteiger partial charge >= 0.3 is 0 Å². The minimum Gasteiger partial charge on any atom is -0.358 e. The van der Waals surface area contributed by atoms with E-state index in [1.54, 1.807) is 0 Å². The summed E-state index contributed by atoms with van der Waals surface area (Å²) in [5.41, 5.74) is 10.7. The van der Waals surface area contributed by atoms with Gasteiger partial charge in [0.2, 0.25) is 0 Å². The molecule has 0 fully saturated rings. The molecule has 0 radical (unpaired) electrons. The average Bonchev–Trinajstić information content (AvgIpc) is 2.46. The Balaban J connectivity index is 2.74. The molecule has 0 atom stereocenters. The third kappa shape index (κ3) is 1.82. The molecule has 0 aliphatic carbocycles. The summed E-state index contributed by atoms with van der Waals surface area (Å²) in [6.45, 7) is 4.92. The van der Waals surface area contributed by atoms with Crippen molar-refractivity contribution in [3.8, 4) is 0 Å². The molecular formula is C12H15BrN2. The van der Waals surface area contributed by atoms with Crippen molar-refractivity contribution in [2.75, 3.05) is 6.54 Å². The minimum absolute atomic E-state index is 0.694. The van der Waals surface area contributed by atoms with Crippen molar-refractivity contribution in [2.24, 2.45) is 5.73 Å². The highest BCUT2D eigenvalue weighted by molar-refractivity contribution is 9.10. The normalized spacial score (nSPS) is 11.2. The largest absolute Gasteiger partial charge is 0.358 e. The predicted octanol–water partition coefficient (Wildman–Crippen LogP) is 3.05. The van der Waals surface area contributed by atoms with Crippen molar-refractivity contribution in [2.45, 2.75) is 20.3 Å². The van der Waals surface area contributed by atoms with Crippen LogP contribution in [0.15, 0.2) is 16.6 Å². The highest BCUT2D eigenvalue weighted by Gasteiger charge is 2.09. The van der Waals surface area contributed by atoms with E-state index < -0.39 is 0 Å². The van der Waals surface area contributed by atoms with Crippen LogP contribution in [0.5, 0.6) is 0 Å². The van der Waals surface area contributed by atoms with Crippen LogP contribution in [-0.2, 0) is 6.42 Å². The highest BCUT2D eigenvalue weighted by atomic mass is 79.9. The summed E-state index contributed by atoms with van der Waals surface area (Å²) in [4.78, 5) is 3.43. The smallest absolute Gasteiger partial charge is 0.0489 e. The van der Waals surface area contributed by atoms with E-state index >= 15 is 0 Å². The maximum atomic E-state index is 5.63. The van der Waals surface area contributed by atoms with Crippen LogP contribution < -0.4 is 5.73 Å². The van der Waals surface area contributed by atoms with Gasteiger partial charge in [-0.2, -0.15) is 0 Å². The van der Waals surface area contributed by atoms with Gasteiger partial charge in [-0.25, -0.2) is 0 Å². The molecule has 0 unspecified atom stereocenters. The molecule has 15 heavy (non-hydrogen) atoms. The number of halogens is 1. The van der Waals surface area contributed by atoms with Gasteiger partial charge in [0.05, 0.1) is 0 Å². The molecule has 2 nitrogen and oxygen atoms in total. The molecule has 1 heterocycles. The zero-order valence-electron chi connectivity index (χ0n) is 9.02. The Kier molecular flexibility index (Phi) is 2.85. The summed E-state index contributed by atoms with van der Waals surface area (Å²) < 4.78 is 1.13. The molecule has 0 amide bonds. The molecule has 2 aromatic rings. The number of hydrogen-bond donors (Lipinski definition) is 2. The lowest BCUT2D eigenvalue weighted by Gasteiger charge is -2.00. The molecule has 0 aliphatic rings. The van der Waals surface area contributed by atoms with Crippen molar-refractivity contribution >= 4 is 26.8 Å². The molecule has 1 aromatic heterocycles. The van der Waals surface area contributed by atoms with E-state index in [4.69, 9.17) is 5.73 Å². The number of aromatic nitrogens is 1. The van der Waals surface area contributed by atoms with E-state index in [1.165, 1.54) is 27.7 Å². The van der Waals surface area contributed by atoms with Gasteiger partial charge in [-0.3, -0.25) is 0 Å². The molecule has 1 aromatic carbocycles. The van der Waals surface area contributed by atoms with Crippen LogP contribution >= 0.6 is 15.9 Å². The topological polar surface area (TPSA) is 41.8 Å². The first-order chi connectivity index (χ1) is 7.13. The molecule has 0 spiro atoms. The van der Waals surface area contributed by atoms with Gasteiger partial charge in [-0.15, -0.1) is 0 Å². The molecule has 0 saturated carbocycles. The van der Waals surface area contributed by atoms with E-state index in [0.29, 0.717) is 6.54 Å². The zero-order valence-corrected chi connectivity index (χ0v) is 10.6. The van der Waals surface area contributed by atoms with Crippen LogP contribution in [0.4, 0.5) is 0 Å². The van der Waals surface area contributed by atoms with E-state index in [-0.39, 0.29) is 0 Å². The number of benzene rings is 1. The monoisotopic (exact) mass is 266 g/mol. The lowest BCUT2D eigenvalue weighted by Crippen LogP contribution is -2.03. The Labute approximate surface area is 98.0 Å². The number of nitrogens with two attached hydrogens (primary N) is 1. The predicted molar refractivity (Wildman–Crippen MR) is 68.2 cm³/mol. The second kappa shape index (κ2) is 3.99. The van der Waals surface area contributed by atoms with Crippen molar-refractivity contribution in [1.82, 2.24) is 4.98 Å². The average molecular weight is 267 g/mol. The van der Waals surface area contributed by atoms with Gasteiger partial charge in [0.15, 0.2) is 0 Å². The summed E-state index contributed by atoms with van der Waals surface area (Å²) >= 11 is 3.53. The van der Waals surface area contributed by atoms with Crippen molar-refractivity contribution < 1.29 is 0 Å². The fourth-order valence-corrected chi connectivity index (χ4v) is 2.65. The molecule has 3 N–H and O–H groups in total. The molecular weight excluding hydrogens is 252 g/mol. The summed E-state index contributed by atoms with van der Waals surface area (Å²) in [5.74, 6) is 0. The number of nitrogens with one attached hydrogen (secondary N) is 1. The zero-order chi connectivity index (χ0) is 11.0. The van der Waals surface area contributed by atoms with Crippen LogP contribution in [0.3, 0.4) is 0 Å². The third-order valence-electron chi connectivity index (χ3n) is 2.78. The molecule has 0 aliphatic heterocycles. The fraction of sp³-hybridized carbons (Fsp3) is 0.333. The second-order valence-corrected chi connectivity index (χ2v) is 4.83. The maximum absolute atomic E-state index is 5.63. The molecule has 0 saturated heterocycles. The van der Waals surface area contributed by atoms with E-state index in [1.807, 2.05) is 0 Å². The van der Waals surface area contributed by atoms with Gasteiger partial charge in [-0.1, -0.05) is 15.9 Å². The number of aromatic amines is 1. The van der Waals surface area contributed by atoms with Crippen molar-refractivity contribution in [3.63, 3.8) is 0 Å². The Morgan fingerprint density at radius 3 is 2.73 bits per heavy atom.